The summed E-state index contributed by atoms with van der Waals surface area (Å²) in [6.07, 6.45) is 0. The zero-order valence-corrected chi connectivity index (χ0v) is 17.5. The standard InChI is InChI=1S/C19H22Cl2N2O3S/c1-14-3-8-18(15(2)13-14)22-19(24)16-4-6-17(7-5-16)27(25,26)23(11-9-20)12-10-21/h3-8,13H,9-12H2,1-2H3,(H,22,24). The van der Waals surface area contributed by atoms with Crippen molar-refractivity contribution in [2.75, 3.05) is 30.2 Å². The summed E-state index contributed by atoms with van der Waals surface area (Å²) < 4.78 is 26.6. The Labute approximate surface area is 170 Å². The summed E-state index contributed by atoms with van der Waals surface area (Å²) in [5.41, 5.74) is 3.16. The van der Waals surface area contributed by atoms with Gasteiger partial charge in [0.2, 0.25) is 10.0 Å². The van der Waals surface area contributed by atoms with Gasteiger partial charge in [0.15, 0.2) is 0 Å². The van der Waals surface area contributed by atoms with E-state index in [-0.39, 0.29) is 35.7 Å². The number of amides is 1. The quantitative estimate of drug-likeness (QED) is 0.645. The van der Waals surface area contributed by atoms with E-state index in [1.165, 1.54) is 28.6 Å². The third kappa shape index (κ3) is 5.45. The van der Waals surface area contributed by atoms with Gasteiger partial charge in [-0.3, -0.25) is 4.79 Å². The van der Waals surface area contributed by atoms with Crippen molar-refractivity contribution in [3.8, 4) is 0 Å². The van der Waals surface area contributed by atoms with Crippen LogP contribution in [0.15, 0.2) is 47.4 Å². The summed E-state index contributed by atoms with van der Waals surface area (Å²) in [6.45, 7) is 4.24. The summed E-state index contributed by atoms with van der Waals surface area (Å²) in [5, 5.41) is 2.84. The fourth-order valence-electron chi connectivity index (χ4n) is 2.62. The Morgan fingerprint density at radius 1 is 1.00 bits per heavy atom. The minimum Gasteiger partial charge on any atom is -0.322 e. The number of aryl methyl sites for hydroxylation is 2. The first kappa shape index (κ1) is 21.7. The summed E-state index contributed by atoms with van der Waals surface area (Å²) in [4.78, 5) is 12.5. The Morgan fingerprint density at radius 2 is 1.59 bits per heavy atom. The van der Waals surface area contributed by atoms with E-state index in [1.54, 1.807) is 0 Å². The first-order valence-corrected chi connectivity index (χ1v) is 10.9. The minimum atomic E-state index is -3.71. The molecular formula is C19H22Cl2N2O3S. The third-order valence-corrected chi connectivity index (χ3v) is 6.30. The van der Waals surface area contributed by atoms with Crippen LogP contribution in [0.1, 0.15) is 21.5 Å². The molecule has 1 N–H and O–H groups in total. The molecule has 8 heteroatoms. The molecule has 2 aromatic rings. The molecule has 0 fully saturated rings. The van der Waals surface area contributed by atoms with Crippen molar-refractivity contribution in [1.29, 1.82) is 0 Å². The summed E-state index contributed by atoms with van der Waals surface area (Å²) in [6, 6.07) is 11.6. The van der Waals surface area contributed by atoms with Crippen LogP contribution in [0, 0.1) is 13.8 Å². The maximum atomic E-state index is 12.7. The number of hydrogen-bond acceptors (Lipinski definition) is 3. The third-order valence-electron chi connectivity index (χ3n) is 4.05. The van der Waals surface area contributed by atoms with Crippen LogP contribution >= 0.6 is 23.2 Å². The van der Waals surface area contributed by atoms with Gasteiger partial charge in [0.05, 0.1) is 4.90 Å². The molecule has 2 aromatic carbocycles. The number of nitrogens with zero attached hydrogens (tertiary/aromatic N) is 1. The number of hydrogen-bond donors (Lipinski definition) is 1. The zero-order valence-electron chi connectivity index (χ0n) is 15.2. The summed E-state index contributed by atoms with van der Waals surface area (Å²) in [7, 11) is -3.71. The lowest BCUT2D eigenvalue weighted by Gasteiger charge is -2.20. The Hall–Kier alpha value is -1.60. The van der Waals surface area contributed by atoms with Gasteiger partial charge in [0, 0.05) is 36.1 Å². The average molecular weight is 429 g/mol. The highest BCUT2D eigenvalue weighted by molar-refractivity contribution is 7.89. The van der Waals surface area contributed by atoms with Crippen LogP contribution in [0.5, 0.6) is 0 Å². The Morgan fingerprint density at radius 3 is 2.11 bits per heavy atom. The molecule has 0 unspecified atom stereocenters. The predicted octanol–water partition coefficient (Wildman–Crippen LogP) is 4.02. The first-order valence-electron chi connectivity index (χ1n) is 8.40. The number of anilines is 1. The van der Waals surface area contributed by atoms with Gasteiger partial charge in [-0.2, -0.15) is 4.31 Å². The van der Waals surface area contributed by atoms with Crippen molar-refractivity contribution >= 4 is 44.8 Å². The van der Waals surface area contributed by atoms with Crippen LogP contribution in [-0.4, -0.2) is 43.5 Å². The number of carbonyl (C=O) groups excluding carboxylic acids is 1. The lowest BCUT2D eigenvalue weighted by molar-refractivity contribution is 0.102. The number of sulfonamides is 1. The molecule has 0 aromatic heterocycles. The Balaban J connectivity index is 2.19. The van der Waals surface area contributed by atoms with E-state index < -0.39 is 10.0 Å². The second-order valence-corrected chi connectivity index (χ2v) is 8.77. The van der Waals surface area contributed by atoms with E-state index in [0.29, 0.717) is 5.56 Å². The average Bonchev–Trinajstić information content (AvgIpc) is 2.64. The zero-order chi connectivity index (χ0) is 20.0. The molecule has 146 valence electrons. The van der Waals surface area contributed by atoms with E-state index in [2.05, 4.69) is 5.32 Å². The van der Waals surface area contributed by atoms with Crippen LogP contribution < -0.4 is 5.32 Å². The van der Waals surface area contributed by atoms with Gasteiger partial charge in [0.25, 0.3) is 5.91 Å². The summed E-state index contributed by atoms with van der Waals surface area (Å²) in [5.74, 6) is 0.0447. The molecule has 0 atom stereocenters. The monoisotopic (exact) mass is 428 g/mol. The second kappa shape index (κ2) is 9.55. The molecule has 0 saturated carbocycles. The van der Waals surface area contributed by atoms with Crippen LogP contribution in [0.2, 0.25) is 0 Å². The van der Waals surface area contributed by atoms with Gasteiger partial charge in [-0.05, 0) is 49.7 Å². The van der Waals surface area contributed by atoms with Crippen molar-refractivity contribution < 1.29 is 13.2 Å². The lowest BCUT2D eigenvalue weighted by Crippen LogP contribution is -2.34. The van der Waals surface area contributed by atoms with Crippen LogP contribution in [-0.2, 0) is 10.0 Å². The molecule has 0 radical (unpaired) electrons. The molecular weight excluding hydrogens is 407 g/mol. The number of nitrogens with one attached hydrogen (secondary N) is 1. The van der Waals surface area contributed by atoms with E-state index in [1.807, 2.05) is 32.0 Å². The maximum absolute atomic E-state index is 12.7. The SMILES string of the molecule is Cc1ccc(NC(=O)c2ccc(S(=O)(=O)N(CCCl)CCCl)cc2)c(C)c1. The first-order chi connectivity index (χ1) is 12.8. The Bertz CT molecular complexity index is 894. The number of benzene rings is 2. The summed E-state index contributed by atoms with van der Waals surface area (Å²) >= 11 is 11.4. The molecule has 2 rings (SSSR count). The van der Waals surface area contributed by atoms with Gasteiger partial charge >= 0.3 is 0 Å². The van der Waals surface area contributed by atoms with Gasteiger partial charge < -0.3 is 5.32 Å². The minimum absolute atomic E-state index is 0.0980. The van der Waals surface area contributed by atoms with Crippen LogP contribution in [0.25, 0.3) is 0 Å². The van der Waals surface area contributed by atoms with Crippen LogP contribution in [0.3, 0.4) is 0 Å². The number of alkyl halides is 2. The largest absolute Gasteiger partial charge is 0.322 e. The second-order valence-electron chi connectivity index (χ2n) is 6.08. The smallest absolute Gasteiger partial charge is 0.255 e. The van der Waals surface area contributed by atoms with E-state index >= 15 is 0 Å². The molecule has 1 amide bonds. The number of halogens is 2. The highest BCUT2D eigenvalue weighted by Crippen LogP contribution is 2.19. The van der Waals surface area contributed by atoms with Gasteiger partial charge in [0.1, 0.15) is 0 Å². The molecule has 0 aliphatic carbocycles. The molecule has 0 aliphatic heterocycles. The molecule has 27 heavy (non-hydrogen) atoms. The van der Waals surface area contributed by atoms with E-state index in [4.69, 9.17) is 23.2 Å². The molecule has 5 nitrogen and oxygen atoms in total. The van der Waals surface area contributed by atoms with Crippen molar-refractivity contribution in [3.05, 3.63) is 59.2 Å². The van der Waals surface area contributed by atoms with Gasteiger partial charge in [-0.1, -0.05) is 17.7 Å². The van der Waals surface area contributed by atoms with Crippen molar-refractivity contribution in [2.24, 2.45) is 0 Å². The maximum Gasteiger partial charge on any atom is 0.255 e. The number of rotatable bonds is 8. The molecule has 0 aliphatic rings. The number of carbonyl (C=O) groups is 1. The van der Waals surface area contributed by atoms with Crippen molar-refractivity contribution in [1.82, 2.24) is 4.31 Å². The molecule has 0 heterocycles. The lowest BCUT2D eigenvalue weighted by atomic mass is 10.1. The molecule has 0 bridgehead atoms. The van der Waals surface area contributed by atoms with Crippen molar-refractivity contribution in [2.45, 2.75) is 18.7 Å². The van der Waals surface area contributed by atoms with E-state index in [0.717, 1.165) is 16.8 Å². The molecule has 0 spiro atoms. The molecule has 0 saturated heterocycles. The highest BCUT2D eigenvalue weighted by atomic mass is 35.5. The van der Waals surface area contributed by atoms with Gasteiger partial charge in [-0.15, -0.1) is 23.2 Å². The normalized spacial score (nSPS) is 11.6. The van der Waals surface area contributed by atoms with E-state index in [9.17, 15) is 13.2 Å². The van der Waals surface area contributed by atoms with Gasteiger partial charge in [-0.25, -0.2) is 8.42 Å². The fourth-order valence-corrected chi connectivity index (χ4v) is 4.67. The van der Waals surface area contributed by atoms with Crippen molar-refractivity contribution in [3.63, 3.8) is 0 Å². The highest BCUT2D eigenvalue weighted by Gasteiger charge is 2.23. The Kier molecular flexibility index (Phi) is 7.68. The van der Waals surface area contributed by atoms with Crippen LogP contribution in [0.4, 0.5) is 5.69 Å². The predicted molar refractivity (Wildman–Crippen MR) is 111 cm³/mol. The topological polar surface area (TPSA) is 66.5 Å². The fraction of sp³-hybridized carbons (Fsp3) is 0.316.